The molecule has 19 heavy (non-hydrogen) atoms. The first-order valence-corrected chi connectivity index (χ1v) is 5.98. The van der Waals surface area contributed by atoms with Gasteiger partial charge in [0.25, 0.3) is 0 Å². The third-order valence-electron chi connectivity index (χ3n) is 2.97. The summed E-state index contributed by atoms with van der Waals surface area (Å²) in [5, 5.41) is 2.09. The summed E-state index contributed by atoms with van der Waals surface area (Å²) in [6, 6.07) is 12.0. The lowest BCUT2D eigenvalue weighted by atomic mass is 9.97. The Kier molecular flexibility index (Phi) is 3.85. The molecule has 0 unspecified atom stereocenters. The Labute approximate surface area is 112 Å². The monoisotopic (exact) mass is 256 g/mol. The van der Waals surface area contributed by atoms with E-state index in [1.807, 2.05) is 37.3 Å². The van der Waals surface area contributed by atoms with E-state index in [4.69, 9.17) is 9.47 Å². The van der Waals surface area contributed by atoms with Crippen LogP contribution in [-0.2, 0) is 14.3 Å². The molecule has 0 aliphatic carbocycles. The van der Waals surface area contributed by atoms with Gasteiger partial charge in [-0.1, -0.05) is 42.0 Å². The number of hydrogen-bond acceptors (Lipinski definition) is 3. The highest BCUT2D eigenvalue weighted by atomic mass is 16.5. The van der Waals surface area contributed by atoms with Crippen molar-refractivity contribution in [3.63, 3.8) is 0 Å². The van der Waals surface area contributed by atoms with E-state index in [1.165, 1.54) is 20.5 Å². The molecule has 2 aromatic carbocycles. The van der Waals surface area contributed by atoms with Gasteiger partial charge in [-0.05, 0) is 23.3 Å². The molecule has 0 saturated heterocycles. The molecule has 3 nitrogen and oxygen atoms in total. The molecule has 3 heteroatoms. The second kappa shape index (κ2) is 5.57. The van der Waals surface area contributed by atoms with Gasteiger partial charge in [-0.25, -0.2) is 4.79 Å². The third-order valence-corrected chi connectivity index (χ3v) is 2.97. The quantitative estimate of drug-likeness (QED) is 0.480. The number of ether oxygens (including phenoxy) is 2. The van der Waals surface area contributed by atoms with Gasteiger partial charge in [0, 0.05) is 0 Å². The van der Waals surface area contributed by atoms with Crippen LogP contribution in [0.4, 0.5) is 0 Å². The van der Waals surface area contributed by atoms with Crippen molar-refractivity contribution in [3.05, 3.63) is 53.8 Å². The maximum absolute atomic E-state index is 11.9. The van der Waals surface area contributed by atoms with Gasteiger partial charge in [0.1, 0.15) is 5.57 Å². The SMILES string of the molecule is CO/C=C(/C(=O)OC)c1cccc2ccc(C)cc12. The standard InChI is InChI=1S/C16H16O3/c1-11-7-8-12-5-4-6-13(14(12)9-11)15(10-18-2)16(17)19-3/h4-10H,1-3H3/b15-10+. The topological polar surface area (TPSA) is 35.5 Å². The van der Waals surface area contributed by atoms with Crippen LogP contribution in [0.3, 0.4) is 0 Å². The van der Waals surface area contributed by atoms with Crippen LogP contribution < -0.4 is 0 Å². The predicted molar refractivity (Wildman–Crippen MR) is 75.7 cm³/mol. The van der Waals surface area contributed by atoms with Gasteiger partial charge in [0.05, 0.1) is 20.5 Å². The smallest absolute Gasteiger partial charge is 0.341 e. The minimum atomic E-state index is -0.407. The summed E-state index contributed by atoms with van der Waals surface area (Å²) < 4.78 is 9.81. The van der Waals surface area contributed by atoms with Crippen molar-refractivity contribution >= 4 is 22.3 Å². The summed E-state index contributed by atoms with van der Waals surface area (Å²) in [6.07, 6.45) is 1.42. The third kappa shape index (κ3) is 2.60. The molecule has 2 aromatic rings. The first-order valence-electron chi connectivity index (χ1n) is 5.98. The van der Waals surface area contributed by atoms with Gasteiger partial charge >= 0.3 is 5.97 Å². The minimum Gasteiger partial charge on any atom is -0.503 e. The van der Waals surface area contributed by atoms with Crippen LogP contribution in [0.5, 0.6) is 0 Å². The number of methoxy groups -OCH3 is 2. The van der Waals surface area contributed by atoms with Gasteiger partial charge in [0.15, 0.2) is 0 Å². The molecule has 98 valence electrons. The van der Waals surface area contributed by atoms with Crippen LogP contribution in [0.15, 0.2) is 42.7 Å². The van der Waals surface area contributed by atoms with Gasteiger partial charge in [-0.15, -0.1) is 0 Å². The van der Waals surface area contributed by atoms with E-state index < -0.39 is 5.97 Å². The molecule has 2 rings (SSSR count). The largest absolute Gasteiger partial charge is 0.503 e. The number of carbonyl (C=O) groups is 1. The summed E-state index contributed by atoms with van der Waals surface area (Å²) in [5.41, 5.74) is 2.37. The molecule has 0 radical (unpaired) electrons. The molecule has 0 aliphatic heterocycles. The van der Waals surface area contributed by atoms with Gasteiger partial charge in [-0.3, -0.25) is 0 Å². The van der Waals surface area contributed by atoms with Crippen LogP contribution in [0.1, 0.15) is 11.1 Å². The molecule has 0 bridgehead atoms. The number of benzene rings is 2. The van der Waals surface area contributed by atoms with Gasteiger partial charge in [-0.2, -0.15) is 0 Å². The number of aryl methyl sites for hydroxylation is 1. The van der Waals surface area contributed by atoms with Crippen molar-refractivity contribution < 1.29 is 14.3 Å². The Morgan fingerprint density at radius 2 is 1.95 bits per heavy atom. The predicted octanol–water partition coefficient (Wildman–Crippen LogP) is 3.31. The number of rotatable bonds is 3. The van der Waals surface area contributed by atoms with E-state index in [1.54, 1.807) is 0 Å². The second-order valence-corrected chi connectivity index (χ2v) is 4.29. The maximum atomic E-state index is 11.9. The van der Waals surface area contributed by atoms with Crippen molar-refractivity contribution in [1.82, 2.24) is 0 Å². The molecular weight excluding hydrogens is 240 g/mol. The molecule has 0 heterocycles. The average molecular weight is 256 g/mol. The molecule has 0 fully saturated rings. The highest BCUT2D eigenvalue weighted by molar-refractivity contribution is 6.19. The Bertz CT molecular complexity index is 641. The molecule has 0 aliphatic rings. The lowest BCUT2D eigenvalue weighted by Crippen LogP contribution is -2.05. The fourth-order valence-corrected chi connectivity index (χ4v) is 2.07. The lowest BCUT2D eigenvalue weighted by Gasteiger charge is -2.09. The van der Waals surface area contributed by atoms with E-state index in [-0.39, 0.29) is 0 Å². The molecule has 0 saturated carbocycles. The number of carbonyl (C=O) groups excluding carboxylic acids is 1. The van der Waals surface area contributed by atoms with Crippen LogP contribution in [-0.4, -0.2) is 20.2 Å². The number of esters is 1. The zero-order valence-corrected chi connectivity index (χ0v) is 11.3. The van der Waals surface area contributed by atoms with Crippen molar-refractivity contribution in [2.75, 3.05) is 14.2 Å². The van der Waals surface area contributed by atoms with Crippen molar-refractivity contribution in [1.29, 1.82) is 0 Å². The van der Waals surface area contributed by atoms with Crippen molar-refractivity contribution in [2.24, 2.45) is 0 Å². The summed E-state index contributed by atoms with van der Waals surface area (Å²) in [4.78, 5) is 11.9. The fraction of sp³-hybridized carbons (Fsp3) is 0.188. The van der Waals surface area contributed by atoms with Gasteiger partial charge in [0.2, 0.25) is 0 Å². The Morgan fingerprint density at radius 3 is 2.63 bits per heavy atom. The van der Waals surface area contributed by atoms with E-state index in [0.717, 1.165) is 21.9 Å². The van der Waals surface area contributed by atoms with Crippen LogP contribution in [0, 0.1) is 6.92 Å². The summed E-state index contributed by atoms with van der Waals surface area (Å²) >= 11 is 0. The van der Waals surface area contributed by atoms with E-state index in [2.05, 4.69) is 6.07 Å². The normalized spacial score (nSPS) is 11.4. The Balaban J connectivity index is 2.69. The van der Waals surface area contributed by atoms with Crippen molar-refractivity contribution in [3.8, 4) is 0 Å². The first kappa shape index (κ1) is 13.1. The number of fused-ring (bicyclic) bond motifs is 1. The molecule has 0 N–H and O–H groups in total. The van der Waals surface area contributed by atoms with Crippen LogP contribution in [0.2, 0.25) is 0 Å². The molecule has 0 amide bonds. The summed E-state index contributed by atoms with van der Waals surface area (Å²) in [7, 11) is 2.88. The molecule has 0 atom stereocenters. The number of hydrogen-bond donors (Lipinski definition) is 0. The van der Waals surface area contributed by atoms with Crippen molar-refractivity contribution in [2.45, 2.75) is 6.92 Å². The summed E-state index contributed by atoms with van der Waals surface area (Å²) in [6.45, 7) is 2.02. The lowest BCUT2D eigenvalue weighted by molar-refractivity contribution is -0.133. The zero-order chi connectivity index (χ0) is 13.8. The average Bonchev–Trinajstić information content (AvgIpc) is 2.43. The zero-order valence-electron chi connectivity index (χ0n) is 11.3. The minimum absolute atomic E-state index is 0.407. The second-order valence-electron chi connectivity index (χ2n) is 4.29. The highest BCUT2D eigenvalue weighted by Gasteiger charge is 2.15. The highest BCUT2D eigenvalue weighted by Crippen LogP contribution is 2.27. The first-order chi connectivity index (χ1) is 9.17. The van der Waals surface area contributed by atoms with Gasteiger partial charge < -0.3 is 9.47 Å². The van der Waals surface area contributed by atoms with E-state index in [9.17, 15) is 4.79 Å². The molecular formula is C16H16O3. The van der Waals surface area contributed by atoms with Crippen LogP contribution >= 0.6 is 0 Å². The summed E-state index contributed by atoms with van der Waals surface area (Å²) in [5.74, 6) is -0.407. The maximum Gasteiger partial charge on any atom is 0.341 e. The van der Waals surface area contributed by atoms with E-state index in [0.29, 0.717) is 5.57 Å². The Morgan fingerprint density at radius 1 is 1.16 bits per heavy atom. The molecule has 0 spiro atoms. The fourth-order valence-electron chi connectivity index (χ4n) is 2.07. The molecule has 0 aromatic heterocycles. The van der Waals surface area contributed by atoms with E-state index >= 15 is 0 Å². The van der Waals surface area contributed by atoms with Crippen LogP contribution in [0.25, 0.3) is 16.3 Å². The Hall–Kier alpha value is -2.29.